The van der Waals surface area contributed by atoms with Crippen LogP contribution in [0.5, 0.6) is 5.75 Å². The van der Waals surface area contributed by atoms with Crippen molar-refractivity contribution in [3.63, 3.8) is 0 Å². The second kappa shape index (κ2) is 10.2. The molecule has 0 bridgehead atoms. The summed E-state index contributed by atoms with van der Waals surface area (Å²) in [6.45, 7) is -0.658. The Morgan fingerprint density at radius 3 is 2.55 bits per heavy atom. The van der Waals surface area contributed by atoms with Gasteiger partial charge in [0.1, 0.15) is 6.17 Å². The lowest BCUT2D eigenvalue weighted by Gasteiger charge is -2.50. The van der Waals surface area contributed by atoms with Gasteiger partial charge in [0, 0.05) is 19.3 Å². The molecule has 0 saturated carbocycles. The van der Waals surface area contributed by atoms with Crippen LogP contribution in [0.15, 0.2) is 59.5 Å². The van der Waals surface area contributed by atoms with Crippen LogP contribution in [0.3, 0.4) is 0 Å². The average molecular weight is 526 g/mol. The van der Waals surface area contributed by atoms with Crippen molar-refractivity contribution < 1.29 is 32.6 Å². The maximum absolute atomic E-state index is 14.7. The first kappa shape index (κ1) is 25.2. The fourth-order valence-corrected chi connectivity index (χ4v) is 5.14. The van der Waals surface area contributed by atoms with Crippen LogP contribution in [0, 0.1) is 11.6 Å². The minimum atomic E-state index is -1.02. The van der Waals surface area contributed by atoms with Gasteiger partial charge in [-0.05, 0) is 48.1 Å². The van der Waals surface area contributed by atoms with E-state index in [-0.39, 0.29) is 11.4 Å². The zero-order chi connectivity index (χ0) is 27.0. The van der Waals surface area contributed by atoms with Crippen LogP contribution in [0.25, 0.3) is 0 Å². The number of aromatic nitrogens is 1. The fraction of sp³-hybridized carbons (Fsp3) is 0.296. The number of methoxy groups -OCH3 is 1. The van der Waals surface area contributed by atoms with E-state index in [1.807, 2.05) is 35.3 Å². The standard InChI is InChI=1S/C27H25F2N3O6/c1-30-22-10-6-9-17-13-19(28)20(29)14-18(17)23(16-7-4-3-5-8-16)32(22)31-12-11-21(33)25(24(31)26(30)34)37-15-38-27(35)36-2/h3-5,7-8,11-14,22-23H,6,9-10,15H2,1-2H3/t22-,23+/m1/s1. The average Bonchev–Trinajstić information content (AvgIpc) is 2.91. The Balaban J connectivity index is 1.73. The first-order chi connectivity index (χ1) is 18.3. The Bertz CT molecular complexity index is 1440. The molecule has 0 fully saturated rings. The topological polar surface area (TPSA) is 90.3 Å². The molecule has 0 aliphatic carbocycles. The van der Waals surface area contributed by atoms with Crippen molar-refractivity contribution in [1.82, 2.24) is 9.58 Å². The van der Waals surface area contributed by atoms with E-state index in [1.54, 1.807) is 7.05 Å². The third-order valence-electron chi connectivity index (χ3n) is 6.87. The molecular formula is C27H25F2N3O6. The van der Waals surface area contributed by atoms with E-state index in [2.05, 4.69) is 4.74 Å². The number of aryl methyl sites for hydroxylation is 1. The molecule has 2 aliphatic heterocycles. The van der Waals surface area contributed by atoms with Gasteiger partial charge in [0.25, 0.3) is 5.91 Å². The maximum Gasteiger partial charge on any atom is 0.510 e. The molecule has 2 aromatic carbocycles. The van der Waals surface area contributed by atoms with Crippen LogP contribution in [0.4, 0.5) is 13.6 Å². The molecule has 0 saturated heterocycles. The van der Waals surface area contributed by atoms with Gasteiger partial charge in [-0.3, -0.25) is 19.3 Å². The van der Waals surface area contributed by atoms with Crippen molar-refractivity contribution in [3.8, 4) is 5.75 Å². The Labute approximate surface area is 216 Å². The summed E-state index contributed by atoms with van der Waals surface area (Å²) in [5.41, 5.74) is 1.29. The maximum atomic E-state index is 14.7. The van der Waals surface area contributed by atoms with Crippen molar-refractivity contribution in [3.05, 3.63) is 99.0 Å². The number of carbonyl (C=O) groups excluding carboxylic acids is 2. The van der Waals surface area contributed by atoms with Crippen molar-refractivity contribution in [2.24, 2.45) is 0 Å². The molecule has 3 heterocycles. The summed E-state index contributed by atoms with van der Waals surface area (Å²) < 4.78 is 45.1. The molecule has 2 aliphatic rings. The molecule has 9 nitrogen and oxygen atoms in total. The van der Waals surface area contributed by atoms with Gasteiger partial charge >= 0.3 is 6.16 Å². The van der Waals surface area contributed by atoms with Crippen molar-refractivity contribution >= 4 is 12.1 Å². The second-order valence-electron chi connectivity index (χ2n) is 9.01. The number of nitrogens with zero attached hydrogens (tertiary/aromatic N) is 3. The van der Waals surface area contributed by atoms with E-state index in [0.29, 0.717) is 30.4 Å². The number of fused-ring (bicyclic) bond motifs is 4. The summed E-state index contributed by atoms with van der Waals surface area (Å²) >= 11 is 0. The largest absolute Gasteiger partial charge is 0.510 e. The summed E-state index contributed by atoms with van der Waals surface area (Å²) in [7, 11) is 2.74. The van der Waals surface area contributed by atoms with Crippen LogP contribution in [0.2, 0.25) is 0 Å². The minimum absolute atomic E-state index is 0.0876. The zero-order valence-corrected chi connectivity index (χ0v) is 20.7. The number of amides is 1. The Hall–Kier alpha value is -4.41. The number of halogens is 2. The zero-order valence-electron chi connectivity index (χ0n) is 20.7. The minimum Gasteiger partial charge on any atom is -0.451 e. The van der Waals surface area contributed by atoms with Crippen molar-refractivity contribution in [2.75, 3.05) is 26.0 Å². The predicted molar refractivity (Wildman–Crippen MR) is 131 cm³/mol. The van der Waals surface area contributed by atoms with E-state index < -0.39 is 48.1 Å². The molecule has 3 aromatic rings. The molecule has 0 unspecified atom stereocenters. The number of carbonyl (C=O) groups is 2. The molecule has 198 valence electrons. The highest BCUT2D eigenvalue weighted by molar-refractivity contribution is 5.96. The SMILES string of the molecule is COC(=O)OCOc1c2n(ccc1=O)N1[C@@H](c3ccccc3)c3cc(F)c(F)cc3CCC[C@@H]1N(C)C2=O. The number of hydrogen-bond donors (Lipinski definition) is 0. The molecule has 38 heavy (non-hydrogen) atoms. The van der Waals surface area contributed by atoms with Crippen LogP contribution >= 0.6 is 0 Å². The van der Waals surface area contributed by atoms with Crippen LogP contribution < -0.4 is 15.2 Å². The summed E-state index contributed by atoms with van der Waals surface area (Å²) in [4.78, 5) is 39.3. The number of hydrogen-bond acceptors (Lipinski definition) is 7. The van der Waals surface area contributed by atoms with Gasteiger partial charge in [-0.25, -0.2) is 13.6 Å². The monoisotopic (exact) mass is 525 g/mol. The Kier molecular flexibility index (Phi) is 6.75. The van der Waals surface area contributed by atoms with Crippen LogP contribution in [-0.2, 0) is 15.9 Å². The molecular weight excluding hydrogens is 500 g/mol. The summed E-state index contributed by atoms with van der Waals surface area (Å²) in [6, 6.07) is 12.3. The number of ether oxygens (including phenoxy) is 3. The Morgan fingerprint density at radius 2 is 1.82 bits per heavy atom. The van der Waals surface area contributed by atoms with Gasteiger partial charge in [0.15, 0.2) is 17.3 Å². The lowest BCUT2D eigenvalue weighted by Crippen LogP contribution is -2.61. The third-order valence-corrected chi connectivity index (χ3v) is 6.87. The van der Waals surface area contributed by atoms with Gasteiger partial charge < -0.3 is 19.1 Å². The first-order valence-electron chi connectivity index (χ1n) is 12.0. The van der Waals surface area contributed by atoms with E-state index in [0.717, 1.165) is 12.7 Å². The lowest BCUT2D eigenvalue weighted by atomic mass is 9.88. The van der Waals surface area contributed by atoms with Crippen molar-refractivity contribution in [1.29, 1.82) is 0 Å². The summed E-state index contributed by atoms with van der Waals surface area (Å²) in [5, 5.41) is 1.87. The lowest BCUT2D eigenvalue weighted by molar-refractivity contribution is 0.0131. The predicted octanol–water partition coefficient (Wildman–Crippen LogP) is 3.72. The van der Waals surface area contributed by atoms with E-state index in [9.17, 15) is 23.2 Å². The molecule has 1 aromatic heterocycles. The van der Waals surface area contributed by atoms with Crippen molar-refractivity contribution in [2.45, 2.75) is 31.5 Å². The molecule has 1 amide bonds. The number of pyridine rings is 1. The van der Waals surface area contributed by atoms with E-state index in [1.165, 1.54) is 34.0 Å². The van der Waals surface area contributed by atoms with Gasteiger partial charge in [0.05, 0.1) is 13.2 Å². The van der Waals surface area contributed by atoms with Crippen LogP contribution in [0.1, 0.15) is 46.1 Å². The van der Waals surface area contributed by atoms with Gasteiger partial charge in [-0.2, -0.15) is 0 Å². The van der Waals surface area contributed by atoms with E-state index >= 15 is 0 Å². The third kappa shape index (κ3) is 4.33. The molecule has 2 atom stereocenters. The van der Waals surface area contributed by atoms with Gasteiger partial charge in [-0.1, -0.05) is 30.3 Å². The number of rotatable bonds is 4. The second-order valence-corrected chi connectivity index (χ2v) is 9.01. The highest BCUT2D eigenvalue weighted by Gasteiger charge is 2.43. The highest BCUT2D eigenvalue weighted by Crippen LogP contribution is 2.39. The summed E-state index contributed by atoms with van der Waals surface area (Å²) in [5.74, 6) is -2.70. The van der Waals surface area contributed by atoms with Gasteiger partial charge in [-0.15, -0.1) is 0 Å². The number of benzene rings is 2. The molecule has 5 rings (SSSR count). The van der Waals surface area contributed by atoms with Crippen LogP contribution in [-0.4, -0.2) is 48.8 Å². The highest BCUT2D eigenvalue weighted by atomic mass is 19.2. The van der Waals surface area contributed by atoms with E-state index in [4.69, 9.17) is 9.47 Å². The fourth-order valence-electron chi connectivity index (χ4n) is 5.14. The normalized spacial score (nSPS) is 18.5. The summed E-state index contributed by atoms with van der Waals surface area (Å²) in [6.07, 6.45) is 1.58. The van der Waals surface area contributed by atoms with Gasteiger partial charge in [0.2, 0.25) is 18.0 Å². The molecule has 0 radical (unpaired) electrons. The molecule has 0 N–H and O–H groups in total. The smallest absolute Gasteiger partial charge is 0.451 e. The Morgan fingerprint density at radius 1 is 1.08 bits per heavy atom. The quantitative estimate of drug-likeness (QED) is 0.379. The first-order valence-corrected chi connectivity index (χ1v) is 12.0. The molecule has 11 heteroatoms. The molecule has 0 spiro atoms.